The predicted octanol–water partition coefficient (Wildman–Crippen LogP) is 2.41. The molecule has 0 aromatic rings. The minimum atomic E-state index is -0.0810. The van der Waals surface area contributed by atoms with E-state index in [1.165, 1.54) is 25.7 Å². The molecule has 1 aliphatic rings. The van der Waals surface area contributed by atoms with Gasteiger partial charge in [-0.2, -0.15) is 0 Å². The third-order valence-electron chi connectivity index (χ3n) is 3.76. The van der Waals surface area contributed by atoms with Gasteiger partial charge in [-0.3, -0.25) is 4.90 Å². The van der Waals surface area contributed by atoms with Crippen LogP contribution < -0.4 is 0 Å². The zero-order valence-electron chi connectivity index (χ0n) is 9.92. The summed E-state index contributed by atoms with van der Waals surface area (Å²) in [6.45, 7) is 8.82. The molecule has 1 aliphatic heterocycles. The molecule has 0 amide bonds. The molecule has 2 heteroatoms. The molecular weight excluding hydrogens is 174 g/mol. The second-order valence-corrected chi connectivity index (χ2v) is 4.84. The first-order valence-electron chi connectivity index (χ1n) is 6.05. The van der Waals surface area contributed by atoms with Crippen molar-refractivity contribution in [3.05, 3.63) is 0 Å². The maximum atomic E-state index is 9.54. The van der Waals surface area contributed by atoms with E-state index in [0.717, 1.165) is 19.5 Å². The van der Waals surface area contributed by atoms with Crippen LogP contribution in [0.3, 0.4) is 0 Å². The van der Waals surface area contributed by atoms with Gasteiger partial charge in [0, 0.05) is 18.6 Å². The Morgan fingerprint density at radius 1 is 1.43 bits per heavy atom. The molecule has 84 valence electrons. The molecule has 0 spiro atoms. The number of rotatable bonds is 5. The quantitative estimate of drug-likeness (QED) is 0.735. The Labute approximate surface area is 88.3 Å². The zero-order chi connectivity index (χ0) is 10.6. The van der Waals surface area contributed by atoms with Gasteiger partial charge in [0.25, 0.3) is 0 Å². The van der Waals surface area contributed by atoms with Crippen LogP contribution in [0, 0.1) is 0 Å². The summed E-state index contributed by atoms with van der Waals surface area (Å²) in [7, 11) is 0. The van der Waals surface area contributed by atoms with Gasteiger partial charge in [-0.15, -0.1) is 0 Å². The standard InChI is InChI=1S/C12H25NO/c1-4-6-8-12(3,5-2)13-9-7-11(14)10-13/h11,14H,4-10H2,1-3H3/t11-,12?/m0/s1. The van der Waals surface area contributed by atoms with Crippen molar-refractivity contribution in [2.75, 3.05) is 13.1 Å². The molecule has 1 N–H and O–H groups in total. The molecular formula is C12H25NO. The molecule has 1 rings (SSSR count). The van der Waals surface area contributed by atoms with E-state index >= 15 is 0 Å². The molecule has 0 aromatic carbocycles. The number of hydrogen-bond acceptors (Lipinski definition) is 2. The van der Waals surface area contributed by atoms with E-state index < -0.39 is 0 Å². The highest BCUT2D eigenvalue weighted by atomic mass is 16.3. The third kappa shape index (κ3) is 2.71. The second-order valence-electron chi connectivity index (χ2n) is 4.84. The van der Waals surface area contributed by atoms with Crippen LogP contribution in [0.25, 0.3) is 0 Å². The fourth-order valence-corrected chi connectivity index (χ4v) is 2.35. The SMILES string of the molecule is CCCCC(C)(CC)N1CC[C@H](O)C1. The molecule has 1 unspecified atom stereocenters. The third-order valence-corrected chi connectivity index (χ3v) is 3.76. The lowest BCUT2D eigenvalue weighted by Crippen LogP contribution is -2.44. The Kier molecular flexibility index (Phi) is 4.39. The molecule has 1 saturated heterocycles. The average molecular weight is 199 g/mol. The molecule has 2 atom stereocenters. The lowest BCUT2D eigenvalue weighted by molar-refractivity contribution is 0.0925. The van der Waals surface area contributed by atoms with Gasteiger partial charge in [0.15, 0.2) is 0 Å². The highest BCUT2D eigenvalue weighted by molar-refractivity contribution is 4.90. The van der Waals surface area contributed by atoms with Gasteiger partial charge in [-0.1, -0.05) is 26.7 Å². The number of β-amino-alcohol motifs (C(OH)–C–C–N with tert-alkyl or cyclic N) is 1. The number of hydrogen-bond donors (Lipinski definition) is 1. The van der Waals surface area contributed by atoms with Crippen molar-refractivity contribution >= 4 is 0 Å². The number of aliphatic hydroxyl groups excluding tert-OH is 1. The van der Waals surface area contributed by atoms with Gasteiger partial charge in [0.2, 0.25) is 0 Å². The number of nitrogens with zero attached hydrogens (tertiary/aromatic N) is 1. The van der Waals surface area contributed by atoms with Crippen molar-refractivity contribution in [3.63, 3.8) is 0 Å². The van der Waals surface area contributed by atoms with Crippen LogP contribution in [0.4, 0.5) is 0 Å². The van der Waals surface area contributed by atoms with Gasteiger partial charge in [-0.05, 0) is 26.2 Å². The molecule has 0 bridgehead atoms. The van der Waals surface area contributed by atoms with Crippen LogP contribution in [0.2, 0.25) is 0 Å². The minimum absolute atomic E-state index is 0.0810. The second kappa shape index (κ2) is 5.13. The predicted molar refractivity (Wildman–Crippen MR) is 60.4 cm³/mol. The van der Waals surface area contributed by atoms with Crippen LogP contribution in [0.15, 0.2) is 0 Å². The topological polar surface area (TPSA) is 23.5 Å². The summed E-state index contributed by atoms with van der Waals surface area (Å²) in [5, 5.41) is 9.54. The smallest absolute Gasteiger partial charge is 0.0679 e. The van der Waals surface area contributed by atoms with Gasteiger partial charge in [-0.25, -0.2) is 0 Å². The van der Waals surface area contributed by atoms with Crippen LogP contribution in [0.1, 0.15) is 52.9 Å². The first-order valence-corrected chi connectivity index (χ1v) is 6.05. The highest BCUT2D eigenvalue weighted by Crippen LogP contribution is 2.29. The van der Waals surface area contributed by atoms with Gasteiger partial charge < -0.3 is 5.11 Å². The summed E-state index contributed by atoms with van der Waals surface area (Å²) in [5.41, 5.74) is 0.327. The lowest BCUT2D eigenvalue weighted by atomic mass is 9.90. The van der Waals surface area contributed by atoms with Crippen molar-refractivity contribution in [1.82, 2.24) is 4.90 Å². The molecule has 2 nitrogen and oxygen atoms in total. The van der Waals surface area contributed by atoms with Crippen molar-refractivity contribution in [3.8, 4) is 0 Å². The van der Waals surface area contributed by atoms with Crippen LogP contribution in [0.5, 0.6) is 0 Å². The van der Waals surface area contributed by atoms with Gasteiger partial charge >= 0.3 is 0 Å². The number of aliphatic hydroxyl groups is 1. The van der Waals surface area contributed by atoms with Crippen molar-refractivity contribution in [2.24, 2.45) is 0 Å². The highest BCUT2D eigenvalue weighted by Gasteiger charge is 2.34. The van der Waals surface area contributed by atoms with E-state index in [1.807, 2.05) is 0 Å². The average Bonchev–Trinajstić information content (AvgIpc) is 2.62. The van der Waals surface area contributed by atoms with E-state index in [0.29, 0.717) is 5.54 Å². The lowest BCUT2D eigenvalue weighted by Gasteiger charge is -2.38. The largest absolute Gasteiger partial charge is 0.392 e. The first kappa shape index (κ1) is 12.0. The maximum absolute atomic E-state index is 9.54. The first-order chi connectivity index (χ1) is 6.62. The normalized spacial score (nSPS) is 27.9. The Balaban J connectivity index is 2.50. The van der Waals surface area contributed by atoms with E-state index in [1.54, 1.807) is 0 Å². The van der Waals surface area contributed by atoms with Gasteiger partial charge in [0.1, 0.15) is 0 Å². The molecule has 14 heavy (non-hydrogen) atoms. The molecule has 1 heterocycles. The Morgan fingerprint density at radius 3 is 2.57 bits per heavy atom. The van der Waals surface area contributed by atoms with Crippen LogP contribution in [-0.4, -0.2) is 34.7 Å². The Bertz CT molecular complexity index is 172. The van der Waals surface area contributed by atoms with Crippen LogP contribution >= 0.6 is 0 Å². The van der Waals surface area contributed by atoms with Crippen LogP contribution in [-0.2, 0) is 0 Å². The summed E-state index contributed by atoms with van der Waals surface area (Å²) in [5.74, 6) is 0. The van der Waals surface area contributed by atoms with Gasteiger partial charge in [0.05, 0.1) is 6.10 Å². The molecule has 0 aliphatic carbocycles. The number of likely N-dealkylation sites (tertiary alicyclic amines) is 1. The summed E-state index contributed by atoms with van der Waals surface area (Å²) in [6, 6.07) is 0. The minimum Gasteiger partial charge on any atom is -0.392 e. The Hall–Kier alpha value is -0.0800. The molecule has 0 aromatic heterocycles. The zero-order valence-corrected chi connectivity index (χ0v) is 9.92. The van der Waals surface area contributed by atoms with E-state index in [9.17, 15) is 5.11 Å². The summed E-state index contributed by atoms with van der Waals surface area (Å²) in [6.07, 6.45) is 5.92. The monoisotopic (exact) mass is 199 g/mol. The fraction of sp³-hybridized carbons (Fsp3) is 1.00. The maximum Gasteiger partial charge on any atom is 0.0679 e. The van der Waals surface area contributed by atoms with Crippen molar-refractivity contribution in [2.45, 2.75) is 64.5 Å². The van der Waals surface area contributed by atoms with E-state index in [-0.39, 0.29) is 6.10 Å². The fourth-order valence-electron chi connectivity index (χ4n) is 2.35. The summed E-state index contributed by atoms with van der Waals surface area (Å²) < 4.78 is 0. The summed E-state index contributed by atoms with van der Waals surface area (Å²) >= 11 is 0. The summed E-state index contributed by atoms with van der Waals surface area (Å²) in [4.78, 5) is 2.48. The number of unbranched alkanes of at least 4 members (excludes halogenated alkanes) is 1. The molecule has 0 saturated carbocycles. The van der Waals surface area contributed by atoms with Crippen molar-refractivity contribution in [1.29, 1.82) is 0 Å². The molecule has 0 radical (unpaired) electrons. The van der Waals surface area contributed by atoms with E-state index in [2.05, 4.69) is 25.7 Å². The van der Waals surface area contributed by atoms with E-state index in [4.69, 9.17) is 0 Å². The molecule has 1 fully saturated rings. The van der Waals surface area contributed by atoms with Crippen molar-refractivity contribution < 1.29 is 5.11 Å². The Morgan fingerprint density at radius 2 is 2.14 bits per heavy atom.